The zero-order valence-electron chi connectivity index (χ0n) is 8.44. The maximum absolute atomic E-state index is 11.6. The molecule has 7 nitrogen and oxygen atoms in total. The van der Waals surface area contributed by atoms with Gasteiger partial charge in [-0.25, -0.2) is 9.78 Å². The maximum atomic E-state index is 11.6. The molecular formula is C9H9N5O2. The average Bonchev–Trinajstić information content (AvgIpc) is 2.29. The molecule has 0 aromatic carbocycles. The standard InChI is InChI=1S/C9H9N5O2/c1-10-9(16)14-8-12-6-5(7(15)13-8)3-2-4-11-6/h2-4H,1H3,(H3,10,11,12,13,14,15,16). The van der Waals surface area contributed by atoms with Gasteiger partial charge in [-0.05, 0) is 12.1 Å². The first-order valence-electron chi connectivity index (χ1n) is 4.54. The molecule has 0 bridgehead atoms. The molecule has 16 heavy (non-hydrogen) atoms. The summed E-state index contributed by atoms with van der Waals surface area (Å²) in [6.07, 6.45) is 1.53. The number of amides is 2. The van der Waals surface area contributed by atoms with E-state index in [-0.39, 0.29) is 17.2 Å². The van der Waals surface area contributed by atoms with E-state index in [1.165, 1.54) is 13.2 Å². The number of rotatable bonds is 1. The number of hydrogen-bond acceptors (Lipinski definition) is 4. The first-order chi connectivity index (χ1) is 7.70. The van der Waals surface area contributed by atoms with E-state index in [9.17, 15) is 9.59 Å². The Balaban J connectivity index is 2.50. The van der Waals surface area contributed by atoms with Crippen molar-refractivity contribution >= 4 is 23.0 Å². The Labute approximate surface area is 89.9 Å². The lowest BCUT2D eigenvalue weighted by atomic mass is 10.3. The van der Waals surface area contributed by atoms with Gasteiger partial charge in [0.25, 0.3) is 5.56 Å². The molecule has 0 radical (unpaired) electrons. The number of aromatic amines is 1. The maximum Gasteiger partial charge on any atom is 0.321 e. The number of fused-ring (bicyclic) bond motifs is 1. The first-order valence-corrected chi connectivity index (χ1v) is 4.54. The number of anilines is 1. The Morgan fingerprint density at radius 1 is 1.50 bits per heavy atom. The summed E-state index contributed by atoms with van der Waals surface area (Å²) in [6, 6.07) is 2.79. The van der Waals surface area contributed by atoms with Crippen molar-refractivity contribution in [1.82, 2.24) is 20.3 Å². The van der Waals surface area contributed by atoms with Crippen molar-refractivity contribution in [3.05, 3.63) is 28.7 Å². The van der Waals surface area contributed by atoms with E-state index < -0.39 is 6.03 Å². The van der Waals surface area contributed by atoms with Crippen LogP contribution in [-0.4, -0.2) is 28.0 Å². The van der Waals surface area contributed by atoms with E-state index in [0.29, 0.717) is 5.39 Å². The third-order valence-corrected chi connectivity index (χ3v) is 1.94. The van der Waals surface area contributed by atoms with Crippen molar-refractivity contribution in [3.8, 4) is 0 Å². The average molecular weight is 219 g/mol. The van der Waals surface area contributed by atoms with Crippen LogP contribution in [0.1, 0.15) is 0 Å². The molecule has 3 N–H and O–H groups in total. The second-order valence-corrected chi connectivity index (χ2v) is 2.99. The summed E-state index contributed by atoms with van der Waals surface area (Å²) < 4.78 is 0. The SMILES string of the molecule is CNC(=O)Nc1nc2ncccc2c(=O)[nH]1. The molecule has 0 aliphatic rings. The van der Waals surface area contributed by atoms with E-state index in [1.807, 2.05) is 0 Å². The smallest absolute Gasteiger partial charge is 0.321 e. The predicted molar refractivity (Wildman–Crippen MR) is 58.2 cm³/mol. The van der Waals surface area contributed by atoms with Gasteiger partial charge in [0.15, 0.2) is 5.65 Å². The van der Waals surface area contributed by atoms with Gasteiger partial charge >= 0.3 is 6.03 Å². The fourth-order valence-corrected chi connectivity index (χ4v) is 1.20. The van der Waals surface area contributed by atoms with Crippen LogP contribution in [0, 0.1) is 0 Å². The minimum absolute atomic E-state index is 0.0653. The van der Waals surface area contributed by atoms with Crippen molar-refractivity contribution in [2.45, 2.75) is 0 Å². The van der Waals surface area contributed by atoms with Crippen LogP contribution in [0.5, 0.6) is 0 Å². The van der Waals surface area contributed by atoms with Crippen molar-refractivity contribution in [2.24, 2.45) is 0 Å². The Hall–Kier alpha value is -2.44. The van der Waals surface area contributed by atoms with Crippen molar-refractivity contribution in [2.75, 3.05) is 12.4 Å². The monoisotopic (exact) mass is 219 g/mol. The molecule has 2 rings (SSSR count). The van der Waals surface area contributed by atoms with Gasteiger partial charge in [-0.15, -0.1) is 0 Å². The Bertz CT molecular complexity index is 592. The number of aromatic nitrogens is 3. The fraction of sp³-hybridized carbons (Fsp3) is 0.111. The van der Waals surface area contributed by atoms with Gasteiger partial charge in [-0.3, -0.25) is 15.1 Å². The van der Waals surface area contributed by atoms with E-state index in [2.05, 4.69) is 25.6 Å². The molecule has 0 fully saturated rings. The topological polar surface area (TPSA) is 99.8 Å². The number of nitrogens with zero attached hydrogens (tertiary/aromatic N) is 2. The van der Waals surface area contributed by atoms with Gasteiger partial charge in [-0.1, -0.05) is 0 Å². The van der Waals surface area contributed by atoms with Crippen LogP contribution in [0.15, 0.2) is 23.1 Å². The fourth-order valence-electron chi connectivity index (χ4n) is 1.20. The second-order valence-electron chi connectivity index (χ2n) is 2.99. The van der Waals surface area contributed by atoms with Crippen LogP contribution in [-0.2, 0) is 0 Å². The van der Waals surface area contributed by atoms with Gasteiger partial charge in [0.05, 0.1) is 5.39 Å². The Morgan fingerprint density at radius 2 is 2.31 bits per heavy atom. The quantitative estimate of drug-likeness (QED) is 0.631. The molecule has 0 unspecified atom stereocenters. The molecule has 0 atom stereocenters. The third-order valence-electron chi connectivity index (χ3n) is 1.94. The summed E-state index contributed by atoms with van der Waals surface area (Å²) in [7, 11) is 1.47. The minimum atomic E-state index is -0.460. The Kier molecular flexibility index (Phi) is 2.50. The number of H-pyrrole nitrogens is 1. The van der Waals surface area contributed by atoms with E-state index >= 15 is 0 Å². The number of nitrogens with one attached hydrogen (secondary N) is 3. The molecule has 2 heterocycles. The summed E-state index contributed by atoms with van der Waals surface area (Å²) in [6.45, 7) is 0. The Morgan fingerprint density at radius 3 is 3.06 bits per heavy atom. The van der Waals surface area contributed by atoms with Crippen LogP contribution in [0.25, 0.3) is 11.0 Å². The first kappa shape index (κ1) is 10.1. The zero-order valence-corrected chi connectivity index (χ0v) is 8.44. The number of pyridine rings is 1. The van der Waals surface area contributed by atoms with Gasteiger partial charge in [0.1, 0.15) is 0 Å². The number of urea groups is 1. The lowest BCUT2D eigenvalue weighted by Gasteiger charge is -2.03. The molecule has 2 amide bonds. The molecule has 2 aromatic heterocycles. The van der Waals surface area contributed by atoms with Crippen LogP contribution >= 0.6 is 0 Å². The molecule has 0 aliphatic heterocycles. The zero-order chi connectivity index (χ0) is 11.5. The van der Waals surface area contributed by atoms with Gasteiger partial charge < -0.3 is 5.32 Å². The van der Waals surface area contributed by atoms with Crippen molar-refractivity contribution < 1.29 is 4.79 Å². The lowest BCUT2D eigenvalue weighted by Crippen LogP contribution is -2.27. The molecule has 0 saturated carbocycles. The van der Waals surface area contributed by atoms with E-state index in [4.69, 9.17) is 0 Å². The molecule has 0 saturated heterocycles. The largest absolute Gasteiger partial charge is 0.341 e. The molecule has 7 heteroatoms. The minimum Gasteiger partial charge on any atom is -0.341 e. The van der Waals surface area contributed by atoms with Crippen LogP contribution in [0.4, 0.5) is 10.7 Å². The summed E-state index contributed by atoms with van der Waals surface area (Å²) in [5.74, 6) is 0.0653. The normalized spacial score (nSPS) is 10.1. The van der Waals surface area contributed by atoms with Crippen LogP contribution in [0.2, 0.25) is 0 Å². The van der Waals surface area contributed by atoms with Gasteiger partial charge in [0.2, 0.25) is 5.95 Å². The van der Waals surface area contributed by atoms with Gasteiger partial charge in [-0.2, -0.15) is 4.98 Å². The predicted octanol–water partition coefficient (Wildman–Crippen LogP) is 0.0694. The van der Waals surface area contributed by atoms with Crippen LogP contribution < -0.4 is 16.2 Å². The third kappa shape index (κ3) is 1.83. The highest BCUT2D eigenvalue weighted by Crippen LogP contribution is 2.04. The van der Waals surface area contributed by atoms with Crippen molar-refractivity contribution in [1.29, 1.82) is 0 Å². The molecule has 0 aliphatic carbocycles. The highest BCUT2D eigenvalue weighted by atomic mass is 16.2. The lowest BCUT2D eigenvalue weighted by molar-refractivity contribution is 0.254. The van der Waals surface area contributed by atoms with Crippen LogP contribution in [0.3, 0.4) is 0 Å². The number of hydrogen-bond donors (Lipinski definition) is 3. The van der Waals surface area contributed by atoms with E-state index in [1.54, 1.807) is 12.1 Å². The molecular weight excluding hydrogens is 210 g/mol. The second kappa shape index (κ2) is 3.97. The molecule has 2 aromatic rings. The van der Waals surface area contributed by atoms with Gasteiger partial charge in [0, 0.05) is 13.2 Å². The molecule has 0 spiro atoms. The van der Waals surface area contributed by atoms with Crippen molar-refractivity contribution in [3.63, 3.8) is 0 Å². The summed E-state index contributed by atoms with van der Waals surface area (Å²) in [5.41, 5.74) is -0.0536. The highest BCUT2D eigenvalue weighted by Gasteiger charge is 2.05. The van der Waals surface area contributed by atoms with E-state index in [0.717, 1.165) is 0 Å². The summed E-state index contributed by atoms with van der Waals surface area (Å²) in [4.78, 5) is 32.9. The number of carbonyl (C=O) groups excluding carboxylic acids is 1. The summed E-state index contributed by atoms with van der Waals surface area (Å²) in [5, 5.41) is 5.10. The highest BCUT2D eigenvalue weighted by molar-refractivity contribution is 5.88. The summed E-state index contributed by atoms with van der Waals surface area (Å²) >= 11 is 0. The molecule has 82 valence electrons. The number of carbonyl (C=O) groups is 1.